The van der Waals surface area contributed by atoms with Crippen LogP contribution in [0.3, 0.4) is 0 Å². The van der Waals surface area contributed by atoms with Gasteiger partial charge in [0.25, 0.3) is 0 Å². The van der Waals surface area contributed by atoms with Crippen molar-refractivity contribution in [3.05, 3.63) is 33.8 Å². The van der Waals surface area contributed by atoms with Crippen molar-refractivity contribution in [3.8, 4) is 0 Å². The van der Waals surface area contributed by atoms with Crippen molar-refractivity contribution in [2.24, 2.45) is 5.92 Å². The van der Waals surface area contributed by atoms with Gasteiger partial charge < -0.3 is 14.9 Å². The summed E-state index contributed by atoms with van der Waals surface area (Å²) in [6.45, 7) is 2.53. The molecule has 2 amide bonds. The van der Waals surface area contributed by atoms with E-state index in [9.17, 15) is 18.3 Å². The zero-order valence-electron chi connectivity index (χ0n) is 15.7. The third-order valence-electron chi connectivity index (χ3n) is 5.56. The van der Waals surface area contributed by atoms with Gasteiger partial charge in [0.2, 0.25) is 10.0 Å². The predicted octanol–water partition coefficient (Wildman–Crippen LogP) is 2.09. The molecule has 2 aliphatic rings. The topological polar surface area (TPSA) is 81.2 Å². The van der Waals surface area contributed by atoms with E-state index in [0.717, 1.165) is 5.56 Å². The van der Waals surface area contributed by atoms with Crippen LogP contribution in [0.2, 0.25) is 10.0 Å². The molecule has 2 aliphatic heterocycles. The van der Waals surface area contributed by atoms with E-state index in [2.05, 4.69) is 0 Å². The SMILES string of the molecule is CS(=O)(=O)N1CCN(C(=O)N2CC(CCO)C(c3ccc(Cl)c(Cl)c3)C2)CC1. The Bertz CT molecular complexity index is 828. The second kappa shape index (κ2) is 8.75. The van der Waals surface area contributed by atoms with Gasteiger partial charge in [-0.3, -0.25) is 0 Å². The van der Waals surface area contributed by atoms with Crippen LogP contribution in [0.5, 0.6) is 0 Å². The maximum absolute atomic E-state index is 13.0. The minimum atomic E-state index is -3.23. The molecule has 2 saturated heterocycles. The lowest BCUT2D eigenvalue weighted by Gasteiger charge is -2.35. The van der Waals surface area contributed by atoms with Crippen LogP contribution in [0.15, 0.2) is 18.2 Å². The van der Waals surface area contributed by atoms with Crippen LogP contribution in [0.4, 0.5) is 4.79 Å². The van der Waals surface area contributed by atoms with E-state index in [1.54, 1.807) is 15.9 Å². The Labute approximate surface area is 175 Å². The number of carbonyl (C=O) groups is 1. The normalized spacial score (nSPS) is 24.0. The highest BCUT2D eigenvalue weighted by atomic mass is 35.5. The fraction of sp³-hybridized carbons (Fsp3) is 0.611. The number of rotatable bonds is 4. The lowest BCUT2D eigenvalue weighted by atomic mass is 9.87. The maximum Gasteiger partial charge on any atom is 0.320 e. The van der Waals surface area contributed by atoms with Crippen LogP contribution in [0.25, 0.3) is 0 Å². The van der Waals surface area contributed by atoms with Crippen LogP contribution in [0, 0.1) is 5.92 Å². The number of carbonyl (C=O) groups excluding carboxylic acids is 1. The third kappa shape index (κ3) is 4.74. The fourth-order valence-electron chi connectivity index (χ4n) is 4.02. The smallest absolute Gasteiger partial charge is 0.320 e. The van der Waals surface area contributed by atoms with Crippen LogP contribution in [0.1, 0.15) is 17.9 Å². The van der Waals surface area contributed by atoms with Gasteiger partial charge >= 0.3 is 6.03 Å². The average Bonchev–Trinajstić information content (AvgIpc) is 3.07. The molecule has 0 saturated carbocycles. The Morgan fingerprint density at radius 2 is 1.79 bits per heavy atom. The number of amides is 2. The molecule has 0 radical (unpaired) electrons. The van der Waals surface area contributed by atoms with Gasteiger partial charge in [0.15, 0.2) is 0 Å². The number of aliphatic hydroxyl groups excluding tert-OH is 1. The summed E-state index contributed by atoms with van der Waals surface area (Å²) in [6, 6.07) is 5.42. The molecule has 2 unspecified atom stereocenters. The fourth-order valence-corrected chi connectivity index (χ4v) is 5.15. The van der Waals surface area contributed by atoms with Crippen LogP contribution in [-0.4, -0.2) is 85.8 Å². The Morgan fingerprint density at radius 1 is 1.11 bits per heavy atom. The highest BCUT2D eigenvalue weighted by molar-refractivity contribution is 7.88. The molecule has 0 aliphatic carbocycles. The molecule has 28 heavy (non-hydrogen) atoms. The Kier molecular flexibility index (Phi) is 6.76. The number of halogens is 2. The number of aliphatic hydroxyl groups is 1. The molecule has 0 spiro atoms. The summed E-state index contributed by atoms with van der Waals surface area (Å²) in [5.41, 5.74) is 1.00. The first-order valence-corrected chi connectivity index (χ1v) is 11.9. The molecule has 1 N–H and O–H groups in total. The summed E-state index contributed by atoms with van der Waals surface area (Å²) in [5.74, 6) is 0.201. The quantitative estimate of drug-likeness (QED) is 0.762. The summed E-state index contributed by atoms with van der Waals surface area (Å²) in [4.78, 5) is 16.5. The Balaban J connectivity index is 1.69. The summed E-state index contributed by atoms with van der Waals surface area (Å²) >= 11 is 12.2. The number of likely N-dealkylation sites (tertiary alicyclic amines) is 1. The average molecular weight is 450 g/mol. The molecule has 1 aromatic rings. The van der Waals surface area contributed by atoms with Crippen molar-refractivity contribution < 1.29 is 18.3 Å². The number of urea groups is 1. The van der Waals surface area contributed by atoms with Gasteiger partial charge in [0.1, 0.15) is 0 Å². The van der Waals surface area contributed by atoms with E-state index >= 15 is 0 Å². The number of sulfonamides is 1. The van der Waals surface area contributed by atoms with Gasteiger partial charge in [0.05, 0.1) is 16.3 Å². The first-order valence-electron chi connectivity index (χ1n) is 9.25. The van der Waals surface area contributed by atoms with Gasteiger partial charge in [-0.25, -0.2) is 13.2 Å². The second-order valence-electron chi connectivity index (χ2n) is 7.39. The molecule has 156 valence electrons. The van der Waals surface area contributed by atoms with E-state index in [0.29, 0.717) is 55.7 Å². The second-order valence-corrected chi connectivity index (χ2v) is 10.2. The van der Waals surface area contributed by atoms with E-state index in [4.69, 9.17) is 23.2 Å². The highest BCUT2D eigenvalue weighted by Crippen LogP contribution is 2.37. The number of nitrogens with zero attached hydrogens (tertiary/aromatic N) is 3. The minimum absolute atomic E-state index is 0.0531. The van der Waals surface area contributed by atoms with Crippen LogP contribution < -0.4 is 0 Å². The lowest BCUT2D eigenvalue weighted by molar-refractivity contribution is 0.140. The molecular weight excluding hydrogens is 425 g/mol. The molecule has 10 heteroatoms. The first-order chi connectivity index (χ1) is 13.2. The summed E-state index contributed by atoms with van der Waals surface area (Å²) in [6.07, 6.45) is 1.78. The summed E-state index contributed by atoms with van der Waals surface area (Å²) in [7, 11) is -3.23. The lowest BCUT2D eigenvalue weighted by Crippen LogP contribution is -2.53. The van der Waals surface area contributed by atoms with Crippen molar-refractivity contribution in [1.82, 2.24) is 14.1 Å². The zero-order valence-corrected chi connectivity index (χ0v) is 18.0. The summed E-state index contributed by atoms with van der Waals surface area (Å²) < 4.78 is 24.7. The number of piperazine rings is 1. The standard InChI is InChI=1S/C18H25Cl2N3O4S/c1-28(26,27)23-7-5-21(6-8-23)18(25)22-11-14(4-9-24)15(12-22)13-2-3-16(19)17(20)10-13/h2-3,10,14-15,24H,4-9,11-12H2,1H3. The van der Waals surface area contributed by atoms with Crippen molar-refractivity contribution in [2.45, 2.75) is 12.3 Å². The van der Waals surface area contributed by atoms with Crippen molar-refractivity contribution in [2.75, 3.05) is 52.1 Å². The van der Waals surface area contributed by atoms with Gasteiger partial charge in [-0.1, -0.05) is 29.3 Å². The van der Waals surface area contributed by atoms with E-state index < -0.39 is 10.0 Å². The Morgan fingerprint density at radius 3 is 2.36 bits per heavy atom. The zero-order chi connectivity index (χ0) is 20.5. The predicted molar refractivity (Wildman–Crippen MR) is 109 cm³/mol. The Hall–Kier alpha value is -1.06. The minimum Gasteiger partial charge on any atom is -0.396 e. The van der Waals surface area contributed by atoms with Gasteiger partial charge in [-0.2, -0.15) is 4.31 Å². The molecular formula is C18H25Cl2N3O4S. The van der Waals surface area contributed by atoms with E-state index in [-0.39, 0.29) is 24.5 Å². The van der Waals surface area contributed by atoms with E-state index in [1.807, 2.05) is 12.1 Å². The van der Waals surface area contributed by atoms with Crippen molar-refractivity contribution >= 4 is 39.3 Å². The molecule has 2 heterocycles. The molecule has 1 aromatic carbocycles. The number of hydrogen-bond donors (Lipinski definition) is 1. The molecule has 2 atom stereocenters. The van der Waals surface area contributed by atoms with Gasteiger partial charge in [0, 0.05) is 51.8 Å². The number of hydrogen-bond acceptors (Lipinski definition) is 4. The molecule has 0 bridgehead atoms. The largest absolute Gasteiger partial charge is 0.396 e. The first kappa shape index (κ1) is 21.6. The van der Waals surface area contributed by atoms with Crippen molar-refractivity contribution in [3.63, 3.8) is 0 Å². The number of benzene rings is 1. The maximum atomic E-state index is 13.0. The highest BCUT2D eigenvalue weighted by Gasteiger charge is 2.38. The molecule has 2 fully saturated rings. The third-order valence-corrected chi connectivity index (χ3v) is 7.60. The van der Waals surface area contributed by atoms with E-state index in [1.165, 1.54) is 10.6 Å². The molecule has 3 rings (SSSR count). The van der Waals surface area contributed by atoms with Crippen LogP contribution >= 0.6 is 23.2 Å². The summed E-state index contributed by atoms with van der Waals surface area (Å²) in [5, 5.41) is 10.4. The molecule has 0 aromatic heterocycles. The van der Waals surface area contributed by atoms with Gasteiger partial charge in [-0.05, 0) is 30.0 Å². The molecule has 7 nitrogen and oxygen atoms in total. The van der Waals surface area contributed by atoms with Gasteiger partial charge in [-0.15, -0.1) is 0 Å². The van der Waals surface area contributed by atoms with Crippen molar-refractivity contribution in [1.29, 1.82) is 0 Å². The van der Waals surface area contributed by atoms with Crippen LogP contribution in [-0.2, 0) is 10.0 Å². The monoisotopic (exact) mass is 449 g/mol.